The molecular weight excluding hydrogens is 258 g/mol. The van der Waals surface area contributed by atoms with Gasteiger partial charge >= 0.3 is 12.4 Å². The molecule has 0 N–H and O–H groups in total. The predicted octanol–water partition coefficient (Wildman–Crippen LogP) is 5.58. The van der Waals surface area contributed by atoms with E-state index < -0.39 is 36.5 Å². The molecule has 0 aliphatic rings. The summed E-state index contributed by atoms with van der Waals surface area (Å²) in [6.07, 6.45) is -9.35. The average molecular weight is 278 g/mol. The topological polar surface area (TPSA) is 0 Å². The Bertz CT molecular complexity index is 228. The van der Waals surface area contributed by atoms with E-state index in [9.17, 15) is 26.3 Å². The second kappa shape index (κ2) is 6.66. The minimum atomic E-state index is -4.57. The first-order chi connectivity index (χ1) is 8.00. The van der Waals surface area contributed by atoms with Crippen molar-refractivity contribution in [3.05, 3.63) is 0 Å². The van der Waals surface area contributed by atoms with Crippen LogP contribution in [0.15, 0.2) is 0 Å². The highest BCUT2D eigenvalue weighted by Gasteiger charge is 2.48. The van der Waals surface area contributed by atoms with Crippen LogP contribution in [0, 0.1) is 17.8 Å². The van der Waals surface area contributed by atoms with Crippen LogP contribution in [0.1, 0.15) is 46.5 Å². The van der Waals surface area contributed by atoms with Gasteiger partial charge in [-0.1, -0.05) is 33.6 Å². The van der Waals surface area contributed by atoms with E-state index in [4.69, 9.17) is 0 Å². The Morgan fingerprint density at radius 2 is 1.39 bits per heavy atom. The van der Waals surface area contributed by atoms with E-state index in [1.807, 2.05) is 0 Å². The number of unbranched alkanes of at least 4 members (excludes halogenated alkanes) is 1. The second-order valence-corrected chi connectivity index (χ2v) is 5.01. The predicted molar refractivity (Wildman–Crippen MR) is 58.1 cm³/mol. The normalized spacial score (nSPS) is 17.0. The molecule has 0 saturated heterocycles. The van der Waals surface area contributed by atoms with Crippen molar-refractivity contribution in [1.29, 1.82) is 0 Å². The van der Waals surface area contributed by atoms with Gasteiger partial charge in [0.05, 0.1) is 11.8 Å². The van der Waals surface area contributed by atoms with E-state index in [1.54, 1.807) is 6.92 Å². The molecule has 0 amide bonds. The summed E-state index contributed by atoms with van der Waals surface area (Å²) in [5.41, 5.74) is 0. The molecule has 0 radical (unpaired) electrons. The summed E-state index contributed by atoms with van der Waals surface area (Å²) in [6.45, 7) is 4.34. The molecule has 2 unspecified atom stereocenters. The molecule has 0 aliphatic heterocycles. The zero-order valence-corrected chi connectivity index (χ0v) is 10.8. The maximum atomic E-state index is 12.7. The Kier molecular flexibility index (Phi) is 6.51. The SMILES string of the molecule is CCCCC(CC(C(C)C)C(F)(F)F)C(F)(F)F. The highest BCUT2D eigenvalue weighted by atomic mass is 19.4. The molecule has 0 aromatic rings. The minimum absolute atomic E-state index is 0.223. The van der Waals surface area contributed by atoms with Crippen molar-refractivity contribution < 1.29 is 26.3 Å². The second-order valence-electron chi connectivity index (χ2n) is 5.01. The van der Waals surface area contributed by atoms with Crippen molar-refractivity contribution in [2.75, 3.05) is 0 Å². The van der Waals surface area contributed by atoms with E-state index >= 15 is 0 Å². The first-order valence-corrected chi connectivity index (χ1v) is 6.13. The molecule has 0 fully saturated rings. The highest BCUT2D eigenvalue weighted by molar-refractivity contribution is 4.78. The number of hydrogen-bond donors (Lipinski definition) is 0. The summed E-state index contributed by atoms with van der Waals surface area (Å²) in [4.78, 5) is 0. The molecular formula is C12H20F6. The molecule has 6 heteroatoms. The monoisotopic (exact) mass is 278 g/mol. The molecule has 0 spiro atoms. The zero-order chi connectivity index (χ0) is 14.6. The van der Waals surface area contributed by atoms with Crippen molar-refractivity contribution in [2.45, 2.75) is 58.8 Å². The summed E-state index contributed by atoms with van der Waals surface area (Å²) in [5, 5.41) is 0. The molecule has 110 valence electrons. The molecule has 0 aromatic carbocycles. The molecule has 18 heavy (non-hydrogen) atoms. The zero-order valence-electron chi connectivity index (χ0n) is 10.8. The van der Waals surface area contributed by atoms with E-state index in [2.05, 4.69) is 0 Å². The van der Waals surface area contributed by atoms with E-state index in [1.165, 1.54) is 13.8 Å². The fraction of sp³-hybridized carbons (Fsp3) is 1.00. The van der Waals surface area contributed by atoms with Gasteiger partial charge in [-0.3, -0.25) is 0 Å². The standard InChI is InChI=1S/C12H20F6/c1-4-5-6-9(11(13,14)15)7-10(8(2)3)12(16,17)18/h8-10H,4-7H2,1-3H3. The van der Waals surface area contributed by atoms with Crippen molar-refractivity contribution >= 4 is 0 Å². The fourth-order valence-corrected chi connectivity index (χ4v) is 1.96. The van der Waals surface area contributed by atoms with Crippen LogP contribution in [0.25, 0.3) is 0 Å². The Morgan fingerprint density at radius 1 is 0.889 bits per heavy atom. The summed E-state index contributed by atoms with van der Waals surface area (Å²) >= 11 is 0. The number of alkyl halides is 6. The molecule has 0 saturated carbocycles. The third kappa shape index (κ3) is 5.96. The number of halogens is 6. The first kappa shape index (κ1) is 17.6. The third-order valence-electron chi connectivity index (χ3n) is 3.13. The van der Waals surface area contributed by atoms with Crippen molar-refractivity contribution in [1.82, 2.24) is 0 Å². The summed E-state index contributed by atoms with van der Waals surface area (Å²) in [5.74, 6) is -4.58. The Hall–Kier alpha value is -0.420. The maximum Gasteiger partial charge on any atom is 0.392 e. The van der Waals surface area contributed by atoms with Crippen LogP contribution in [0.2, 0.25) is 0 Å². The average Bonchev–Trinajstić information content (AvgIpc) is 2.12. The van der Waals surface area contributed by atoms with Crippen molar-refractivity contribution in [2.24, 2.45) is 17.8 Å². The highest BCUT2D eigenvalue weighted by Crippen LogP contribution is 2.42. The van der Waals surface area contributed by atoms with Gasteiger partial charge in [-0.25, -0.2) is 0 Å². The van der Waals surface area contributed by atoms with Crippen LogP contribution in [-0.4, -0.2) is 12.4 Å². The van der Waals surface area contributed by atoms with Crippen LogP contribution < -0.4 is 0 Å². The van der Waals surface area contributed by atoms with Crippen molar-refractivity contribution in [3.63, 3.8) is 0 Å². The lowest BCUT2D eigenvalue weighted by molar-refractivity contribution is -0.219. The summed E-state index contributed by atoms with van der Waals surface area (Å²) in [7, 11) is 0. The molecule has 0 nitrogen and oxygen atoms in total. The third-order valence-corrected chi connectivity index (χ3v) is 3.13. The Morgan fingerprint density at radius 3 is 1.67 bits per heavy atom. The van der Waals surface area contributed by atoms with Gasteiger partial charge in [-0.2, -0.15) is 26.3 Å². The lowest BCUT2D eigenvalue weighted by atomic mass is 9.83. The van der Waals surface area contributed by atoms with Crippen LogP contribution in [0.4, 0.5) is 26.3 Å². The van der Waals surface area contributed by atoms with Crippen molar-refractivity contribution in [3.8, 4) is 0 Å². The molecule has 2 atom stereocenters. The lowest BCUT2D eigenvalue weighted by Crippen LogP contribution is -2.34. The summed E-state index contributed by atoms with van der Waals surface area (Å²) < 4.78 is 76.1. The number of rotatable bonds is 6. The Labute approximate surface area is 104 Å². The van der Waals surface area contributed by atoms with Crippen LogP contribution in [-0.2, 0) is 0 Å². The maximum absolute atomic E-state index is 12.7. The smallest absolute Gasteiger partial charge is 0.171 e. The van der Waals surface area contributed by atoms with E-state index in [0.717, 1.165) is 0 Å². The van der Waals surface area contributed by atoms with Gasteiger partial charge in [-0.05, 0) is 18.8 Å². The lowest BCUT2D eigenvalue weighted by Gasteiger charge is -2.29. The summed E-state index contributed by atoms with van der Waals surface area (Å²) in [6, 6.07) is 0. The van der Waals surface area contributed by atoms with Gasteiger partial charge < -0.3 is 0 Å². The largest absolute Gasteiger partial charge is 0.392 e. The first-order valence-electron chi connectivity index (χ1n) is 6.13. The van der Waals surface area contributed by atoms with Crippen LogP contribution in [0.3, 0.4) is 0 Å². The van der Waals surface area contributed by atoms with Gasteiger partial charge in [0.1, 0.15) is 0 Å². The number of hydrogen-bond acceptors (Lipinski definition) is 0. The Balaban J connectivity index is 4.82. The van der Waals surface area contributed by atoms with E-state index in [0.29, 0.717) is 12.8 Å². The molecule has 0 bridgehead atoms. The fourth-order valence-electron chi connectivity index (χ4n) is 1.96. The quantitative estimate of drug-likeness (QED) is 0.556. The van der Waals surface area contributed by atoms with Gasteiger partial charge in [0.15, 0.2) is 0 Å². The molecule has 0 heterocycles. The van der Waals surface area contributed by atoms with Crippen LogP contribution in [0.5, 0.6) is 0 Å². The minimum Gasteiger partial charge on any atom is -0.171 e. The van der Waals surface area contributed by atoms with Gasteiger partial charge in [0.25, 0.3) is 0 Å². The molecule has 0 aromatic heterocycles. The van der Waals surface area contributed by atoms with Gasteiger partial charge in [-0.15, -0.1) is 0 Å². The molecule has 0 aliphatic carbocycles. The van der Waals surface area contributed by atoms with Crippen LogP contribution >= 0.6 is 0 Å². The van der Waals surface area contributed by atoms with E-state index in [-0.39, 0.29) is 6.42 Å². The van der Waals surface area contributed by atoms with Gasteiger partial charge in [0, 0.05) is 0 Å². The van der Waals surface area contributed by atoms with Gasteiger partial charge in [0.2, 0.25) is 0 Å². The molecule has 0 rings (SSSR count).